The maximum atomic E-state index is 13.5. The molecule has 0 bridgehead atoms. The largest absolute Gasteiger partial charge is 0.487 e. The molecule has 0 unspecified atom stereocenters. The third kappa shape index (κ3) is 6.50. The molecule has 0 spiro atoms. The zero-order valence-corrected chi connectivity index (χ0v) is 26.1. The molecule has 1 amide bonds. The van der Waals surface area contributed by atoms with Gasteiger partial charge < -0.3 is 20.7 Å². The number of benzene rings is 2. The van der Waals surface area contributed by atoms with E-state index < -0.39 is 0 Å². The van der Waals surface area contributed by atoms with Gasteiger partial charge >= 0.3 is 0 Å². The summed E-state index contributed by atoms with van der Waals surface area (Å²) < 4.78 is 21.2. The van der Waals surface area contributed by atoms with Crippen LogP contribution < -0.4 is 20.7 Å². The van der Waals surface area contributed by atoms with Gasteiger partial charge in [-0.1, -0.05) is 23.7 Å². The zero-order valence-electron chi connectivity index (χ0n) is 24.5. The first-order chi connectivity index (χ1) is 22.0. The van der Waals surface area contributed by atoms with E-state index in [0.29, 0.717) is 23.1 Å². The van der Waals surface area contributed by atoms with Gasteiger partial charge in [-0.3, -0.25) is 14.4 Å². The summed E-state index contributed by atoms with van der Waals surface area (Å²) in [7, 11) is 0. The standard InChI is InChI=1S/C32H32ClFN8O2S/c33-25-15-22(4-7-27(25)44-18-20-2-1-3-21(34)14-20)40-31-29-23-5-6-26-24(30(23)45-32(29)38-19-37-31)16-39-42(26)17-28(43)36-10-13-41-11-8-35-9-12-41/h1-4,7,14-16,19,35H,5-6,8-13,17-18H2,(H,36,43)(H,37,38,40). The van der Waals surface area contributed by atoms with Crippen LogP contribution in [-0.4, -0.2) is 69.8 Å². The SMILES string of the molecule is O=C(Cn1ncc2c1CCc1c-2sc2ncnc(Nc3ccc(OCc4cccc(F)c4)c(Cl)c3)c12)NCCN1CCNCC1. The van der Waals surface area contributed by atoms with Gasteiger partial charge in [-0.2, -0.15) is 5.10 Å². The van der Waals surface area contributed by atoms with Gasteiger partial charge in [0.1, 0.15) is 41.7 Å². The van der Waals surface area contributed by atoms with Crippen molar-refractivity contribution in [1.29, 1.82) is 0 Å². The number of amides is 1. The van der Waals surface area contributed by atoms with E-state index in [0.717, 1.165) is 83.2 Å². The third-order valence-electron chi connectivity index (χ3n) is 8.12. The number of nitrogens with zero attached hydrogens (tertiary/aromatic N) is 5. The molecule has 0 saturated carbocycles. The first-order valence-corrected chi connectivity index (χ1v) is 16.2. The summed E-state index contributed by atoms with van der Waals surface area (Å²) in [6, 6.07) is 11.7. The van der Waals surface area contributed by atoms with Crippen LogP contribution >= 0.6 is 22.9 Å². The highest BCUT2D eigenvalue weighted by Gasteiger charge is 2.27. The van der Waals surface area contributed by atoms with Crippen LogP contribution in [0.5, 0.6) is 5.75 Å². The molecule has 13 heteroatoms. The summed E-state index contributed by atoms with van der Waals surface area (Å²) in [4.78, 5) is 26.2. The second-order valence-electron chi connectivity index (χ2n) is 11.1. The average Bonchev–Trinajstić information content (AvgIpc) is 3.63. The summed E-state index contributed by atoms with van der Waals surface area (Å²) in [5.41, 5.74) is 4.75. The number of ether oxygens (including phenoxy) is 1. The van der Waals surface area contributed by atoms with Gasteiger partial charge in [0.25, 0.3) is 0 Å². The summed E-state index contributed by atoms with van der Waals surface area (Å²) >= 11 is 8.16. The number of thiophene rings is 1. The fourth-order valence-corrected chi connectivity index (χ4v) is 7.34. The smallest absolute Gasteiger partial charge is 0.241 e. The van der Waals surface area contributed by atoms with Crippen LogP contribution in [0.4, 0.5) is 15.9 Å². The van der Waals surface area contributed by atoms with Crippen LogP contribution in [0.1, 0.15) is 16.8 Å². The van der Waals surface area contributed by atoms with Gasteiger partial charge in [0.2, 0.25) is 5.91 Å². The van der Waals surface area contributed by atoms with Crippen molar-refractivity contribution in [3.05, 3.63) is 82.6 Å². The lowest BCUT2D eigenvalue weighted by Gasteiger charge is -2.27. The van der Waals surface area contributed by atoms with Gasteiger partial charge in [0.05, 0.1) is 16.6 Å². The van der Waals surface area contributed by atoms with Gasteiger partial charge in [0, 0.05) is 61.1 Å². The van der Waals surface area contributed by atoms with Gasteiger partial charge in [-0.05, 0) is 54.3 Å². The van der Waals surface area contributed by atoms with Crippen LogP contribution in [0.15, 0.2) is 55.0 Å². The van der Waals surface area contributed by atoms with Crippen molar-refractivity contribution in [2.45, 2.75) is 26.0 Å². The monoisotopic (exact) mass is 646 g/mol. The molecule has 4 heterocycles. The lowest BCUT2D eigenvalue weighted by Crippen LogP contribution is -2.46. The predicted octanol–water partition coefficient (Wildman–Crippen LogP) is 4.79. The topological polar surface area (TPSA) is 109 Å². The highest BCUT2D eigenvalue weighted by Crippen LogP contribution is 2.45. The number of carbonyl (C=O) groups is 1. The third-order valence-corrected chi connectivity index (χ3v) is 9.59. The number of piperazine rings is 1. The molecule has 1 aliphatic carbocycles. The second kappa shape index (κ2) is 13.1. The van der Waals surface area contributed by atoms with Crippen molar-refractivity contribution >= 4 is 50.6 Å². The van der Waals surface area contributed by atoms with Crippen molar-refractivity contribution in [2.24, 2.45) is 0 Å². The number of aromatic nitrogens is 4. The number of nitrogens with one attached hydrogen (secondary N) is 3. The number of hydrogen-bond donors (Lipinski definition) is 3. The normalized spacial score (nSPS) is 14.6. The first-order valence-electron chi connectivity index (χ1n) is 15.0. The molecule has 232 valence electrons. The molecule has 0 radical (unpaired) electrons. The molecule has 1 fully saturated rings. The minimum absolute atomic E-state index is 0.0282. The number of aryl methyl sites for hydroxylation is 1. The summed E-state index contributed by atoms with van der Waals surface area (Å²) in [6.07, 6.45) is 4.97. The summed E-state index contributed by atoms with van der Waals surface area (Å²) in [6.45, 7) is 5.90. The van der Waals surface area contributed by atoms with E-state index in [9.17, 15) is 9.18 Å². The Labute approximate surface area is 268 Å². The Morgan fingerprint density at radius 3 is 2.87 bits per heavy atom. The van der Waals surface area contributed by atoms with E-state index in [2.05, 4.69) is 35.9 Å². The summed E-state index contributed by atoms with van der Waals surface area (Å²) in [5.74, 6) is 0.865. The zero-order chi connectivity index (χ0) is 30.8. The fourth-order valence-electron chi connectivity index (χ4n) is 5.89. The average molecular weight is 647 g/mol. The lowest BCUT2D eigenvalue weighted by atomic mass is 9.95. The number of hydrogen-bond acceptors (Lipinski definition) is 9. The van der Waals surface area contributed by atoms with E-state index in [1.807, 2.05) is 16.9 Å². The highest BCUT2D eigenvalue weighted by molar-refractivity contribution is 7.22. The fraction of sp³-hybridized carbons (Fsp3) is 0.312. The Balaban J connectivity index is 1.04. The van der Waals surface area contributed by atoms with E-state index in [4.69, 9.17) is 16.3 Å². The maximum Gasteiger partial charge on any atom is 0.241 e. The second-order valence-corrected chi connectivity index (χ2v) is 12.5. The van der Waals surface area contributed by atoms with E-state index in [1.165, 1.54) is 17.7 Å². The lowest BCUT2D eigenvalue weighted by molar-refractivity contribution is -0.121. The molecule has 7 rings (SSSR count). The van der Waals surface area contributed by atoms with Crippen molar-refractivity contribution in [2.75, 3.05) is 44.6 Å². The highest BCUT2D eigenvalue weighted by atomic mass is 35.5. The Bertz CT molecular complexity index is 1850. The number of carbonyl (C=O) groups excluding carboxylic acids is 1. The quantitative estimate of drug-likeness (QED) is 0.199. The van der Waals surface area contributed by atoms with Crippen LogP contribution in [0.2, 0.25) is 5.02 Å². The molecule has 3 aromatic heterocycles. The van der Waals surface area contributed by atoms with E-state index in [-0.39, 0.29) is 24.9 Å². The number of halogens is 2. The van der Waals surface area contributed by atoms with E-state index >= 15 is 0 Å². The molecule has 5 aromatic rings. The van der Waals surface area contributed by atoms with Crippen LogP contribution in [0.25, 0.3) is 20.7 Å². The Morgan fingerprint density at radius 2 is 2.02 bits per heavy atom. The van der Waals surface area contributed by atoms with Crippen LogP contribution in [-0.2, 0) is 30.8 Å². The number of anilines is 2. The van der Waals surface area contributed by atoms with Crippen molar-refractivity contribution < 1.29 is 13.9 Å². The molecule has 3 N–H and O–H groups in total. The van der Waals surface area contributed by atoms with Crippen molar-refractivity contribution in [3.8, 4) is 16.2 Å². The molecule has 1 aliphatic heterocycles. The van der Waals surface area contributed by atoms with Gasteiger partial charge in [-0.25, -0.2) is 14.4 Å². The summed E-state index contributed by atoms with van der Waals surface area (Å²) in [5, 5.41) is 15.8. The molecule has 45 heavy (non-hydrogen) atoms. The minimum Gasteiger partial charge on any atom is -0.487 e. The Hall–Kier alpha value is -4.10. The minimum atomic E-state index is -0.307. The molecule has 2 aliphatic rings. The molecule has 10 nitrogen and oxygen atoms in total. The molecule has 2 aromatic carbocycles. The Morgan fingerprint density at radius 1 is 1.13 bits per heavy atom. The first kappa shape index (κ1) is 29.6. The van der Waals surface area contributed by atoms with Crippen LogP contribution in [0, 0.1) is 5.82 Å². The number of rotatable bonds is 10. The van der Waals surface area contributed by atoms with Gasteiger partial charge in [-0.15, -0.1) is 11.3 Å². The number of fused-ring (bicyclic) bond motifs is 5. The maximum absolute atomic E-state index is 13.5. The van der Waals surface area contributed by atoms with Crippen molar-refractivity contribution in [1.82, 2.24) is 35.3 Å². The molecular formula is C32H32ClFN8O2S. The molecule has 1 saturated heterocycles. The Kier molecular flexibility index (Phi) is 8.61. The van der Waals surface area contributed by atoms with Crippen molar-refractivity contribution in [3.63, 3.8) is 0 Å². The van der Waals surface area contributed by atoms with Gasteiger partial charge in [0.15, 0.2) is 0 Å². The van der Waals surface area contributed by atoms with Crippen LogP contribution in [0.3, 0.4) is 0 Å². The van der Waals surface area contributed by atoms with E-state index in [1.54, 1.807) is 41.9 Å². The molecular weight excluding hydrogens is 615 g/mol. The predicted molar refractivity (Wildman–Crippen MR) is 174 cm³/mol. The molecule has 0 atom stereocenters.